The van der Waals surface area contributed by atoms with E-state index in [1.807, 2.05) is 0 Å². The Morgan fingerprint density at radius 2 is 1.55 bits per heavy atom. The number of hydrogen-bond acceptors (Lipinski definition) is 6. The van der Waals surface area contributed by atoms with Gasteiger partial charge in [-0.2, -0.15) is 25.4 Å². The zero-order valence-electron chi connectivity index (χ0n) is 11.1. The molecule has 0 atom stereocenters. The van der Waals surface area contributed by atoms with Crippen molar-refractivity contribution in [3.8, 4) is 0 Å². The van der Waals surface area contributed by atoms with Gasteiger partial charge in [0.15, 0.2) is 0 Å². The van der Waals surface area contributed by atoms with Crippen LogP contribution in [0.15, 0.2) is 0 Å². The highest BCUT2D eigenvalue weighted by Crippen LogP contribution is 2.08. The lowest BCUT2D eigenvalue weighted by Gasteiger charge is -2.31. The van der Waals surface area contributed by atoms with E-state index in [1.165, 1.54) is 0 Å². The molecule has 1 amide bonds. The molecule has 1 fully saturated rings. The van der Waals surface area contributed by atoms with Crippen molar-refractivity contribution in [2.75, 3.05) is 26.2 Å². The Kier molecular flexibility index (Phi) is 5.32. The second kappa shape index (κ2) is 6.22. The molecular formula is C8H18N4O6S2. The molecule has 20 heavy (non-hydrogen) atoms. The number of nitrogens with zero attached hydrogens (tertiary/aromatic N) is 2. The highest BCUT2D eigenvalue weighted by molar-refractivity contribution is 7.87. The van der Waals surface area contributed by atoms with Crippen molar-refractivity contribution in [2.45, 2.75) is 20.0 Å². The molecule has 0 spiro atoms. The summed E-state index contributed by atoms with van der Waals surface area (Å²) in [4.78, 5) is 11.3. The molecule has 0 aliphatic carbocycles. The topological polar surface area (TPSA) is 139 Å². The number of piperazine rings is 1. The van der Waals surface area contributed by atoms with Crippen LogP contribution >= 0.6 is 0 Å². The van der Waals surface area contributed by atoms with Gasteiger partial charge in [0.25, 0.3) is 10.2 Å². The molecule has 0 aromatic rings. The van der Waals surface area contributed by atoms with Gasteiger partial charge in [-0.05, 0) is 13.8 Å². The zero-order valence-corrected chi connectivity index (χ0v) is 12.8. The van der Waals surface area contributed by atoms with Gasteiger partial charge in [-0.25, -0.2) is 14.7 Å². The van der Waals surface area contributed by atoms with Crippen LogP contribution in [0.25, 0.3) is 0 Å². The van der Waals surface area contributed by atoms with Crippen molar-refractivity contribution in [2.24, 2.45) is 5.14 Å². The molecule has 0 aromatic heterocycles. The van der Waals surface area contributed by atoms with E-state index in [4.69, 9.17) is 5.14 Å². The van der Waals surface area contributed by atoms with Crippen molar-refractivity contribution >= 4 is 26.5 Å². The normalized spacial score (nSPS) is 19.0. The predicted molar refractivity (Wildman–Crippen MR) is 69.9 cm³/mol. The highest BCUT2D eigenvalue weighted by atomic mass is 32.2. The predicted octanol–water partition coefficient (Wildman–Crippen LogP) is -1.81. The Balaban J connectivity index is 2.61. The second-order valence-electron chi connectivity index (χ2n) is 4.40. The fourth-order valence-corrected chi connectivity index (χ4v) is 3.28. The lowest BCUT2D eigenvalue weighted by molar-refractivity contribution is 0.120. The number of ether oxygens (including phenoxy) is 1. The van der Waals surface area contributed by atoms with Gasteiger partial charge in [-0.1, -0.05) is 0 Å². The maximum Gasteiger partial charge on any atom is 0.422 e. The van der Waals surface area contributed by atoms with Crippen LogP contribution in [0.5, 0.6) is 0 Å². The zero-order chi connectivity index (χ0) is 15.6. The Hall–Kier alpha value is -0.950. The average Bonchev–Trinajstić information content (AvgIpc) is 2.26. The number of rotatable bonds is 4. The summed E-state index contributed by atoms with van der Waals surface area (Å²) in [6.45, 7) is 2.83. The molecule has 0 aromatic carbocycles. The van der Waals surface area contributed by atoms with Gasteiger partial charge in [0.05, 0.1) is 6.10 Å². The second-order valence-corrected chi connectivity index (χ2v) is 7.62. The van der Waals surface area contributed by atoms with Gasteiger partial charge in [0.2, 0.25) is 0 Å². The van der Waals surface area contributed by atoms with E-state index in [0.717, 1.165) is 8.61 Å². The average molecular weight is 330 g/mol. The Morgan fingerprint density at radius 1 is 1.10 bits per heavy atom. The van der Waals surface area contributed by atoms with Crippen LogP contribution in [0.3, 0.4) is 0 Å². The minimum absolute atomic E-state index is 0.0705. The van der Waals surface area contributed by atoms with Crippen LogP contribution in [-0.2, 0) is 25.2 Å². The van der Waals surface area contributed by atoms with Crippen molar-refractivity contribution in [3.05, 3.63) is 0 Å². The molecule has 0 bridgehead atoms. The molecule has 12 heteroatoms. The smallest absolute Gasteiger partial charge is 0.422 e. The molecule has 10 nitrogen and oxygen atoms in total. The van der Waals surface area contributed by atoms with Gasteiger partial charge in [0, 0.05) is 26.2 Å². The van der Waals surface area contributed by atoms with Gasteiger partial charge in [0.1, 0.15) is 0 Å². The van der Waals surface area contributed by atoms with Crippen LogP contribution < -0.4 is 9.86 Å². The van der Waals surface area contributed by atoms with Crippen molar-refractivity contribution in [1.29, 1.82) is 0 Å². The van der Waals surface area contributed by atoms with Crippen LogP contribution in [0.2, 0.25) is 0 Å². The molecule has 0 saturated carbocycles. The Labute approximate surface area is 118 Å². The lowest BCUT2D eigenvalue weighted by Crippen LogP contribution is -2.55. The maximum absolute atomic E-state index is 11.8. The third kappa shape index (κ3) is 4.86. The summed E-state index contributed by atoms with van der Waals surface area (Å²) in [5.74, 6) is 0. The molecule has 1 rings (SSSR count). The van der Waals surface area contributed by atoms with Gasteiger partial charge >= 0.3 is 16.3 Å². The Morgan fingerprint density at radius 3 is 1.95 bits per heavy atom. The number of amides is 1. The number of nitrogens with one attached hydrogen (secondary N) is 1. The van der Waals surface area contributed by atoms with E-state index in [1.54, 1.807) is 18.6 Å². The molecule has 1 aliphatic heterocycles. The molecule has 1 aliphatic rings. The van der Waals surface area contributed by atoms with Crippen LogP contribution in [-0.4, -0.2) is 63.8 Å². The number of nitrogens with two attached hydrogens (primary N) is 1. The summed E-state index contributed by atoms with van der Waals surface area (Å²) in [5, 5.41) is 4.94. The minimum Gasteiger partial charge on any atom is -0.446 e. The van der Waals surface area contributed by atoms with Crippen LogP contribution in [0.1, 0.15) is 13.8 Å². The largest absolute Gasteiger partial charge is 0.446 e. The number of carbonyl (C=O) groups is 1. The van der Waals surface area contributed by atoms with Crippen molar-refractivity contribution < 1.29 is 26.4 Å². The van der Waals surface area contributed by atoms with E-state index in [2.05, 4.69) is 4.74 Å². The first-order valence-electron chi connectivity index (χ1n) is 5.79. The number of hydrogen-bond donors (Lipinski definition) is 2. The van der Waals surface area contributed by atoms with Crippen LogP contribution in [0, 0.1) is 0 Å². The lowest BCUT2D eigenvalue weighted by atomic mass is 10.4. The fraction of sp³-hybridized carbons (Fsp3) is 0.875. The monoisotopic (exact) mass is 330 g/mol. The van der Waals surface area contributed by atoms with Gasteiger partial charge in [-0.15, -0.1) is 0 Å². The first kappa shape index (κ1) is 17.1. The highest BCUT2D eigenvalue weighted by Gasteiger charge is 2.31. The van der Waals surface area contributed by atoms with Crippen molar-refractivity contribution in [1.82, 2.24) is 13.3 Å². The summed E-state index contributed by atoms with van der Waals surface area (Å²) < 4.78 is 54.2. The molecule has 3 N–H and O–H groups in total. The van der Waals surface area contributed by atoms with E-state index >= 15 is 0 Å². The first-order chi connectivity index (χ1) is 9.02. The summed E-state index contributed by atoms with van der Waals surface area (Å²) >= 11 is 0. The molecule has 1 heterocycles. The van der Waals surface area contributed by atoms with Gasteiger partial charge < -0.3 is 4.74 Å². The molecule has 1 saturated heterocycles. The standard InChI is InChI=1S/C8H18N4O6S2/c1-7(2)18-8(13)10-20(16,17)12-5-3-11(4-6-12)19(9,14)15/h7H,3-6H2,1-2H3,(H,10,13)(H2,9,14,15). The van der Waals surface area contributed by atoms with E-state index < -0.39 is 32.6 Å². The summed E-state index contributed by atoms with van der Waals surface area (Å²) in [6, 6.07) is 0. The third-order valence-electron chi connectivity index (χ3n) is 2.45. The molecular weight excluding hydrogens is 312 g/mol. The van der Waals surface area contributed by atoms with E-state index in [-0.39, 0.29) is 26.2 Å². The van der Waals surface area contributed by atoms with E-state index in [9.17, 15) is 21.6 Å². The molecule has 0 unspecified atom stereocenters. The van der Waals surface area contributed by atoms with E-state index in [0.29, 0.717) is 0 Å². The quantitative estimate of drug-likeness (QED) is 0.622. The Bertz CT molecular complexity index is 550. The summed E-state index contributed by atoms with van der Waals surface area (Å²) in [6.07, 6.45) is -1.53. The SMILES string of the molecule is CC(C)OC(=O)NS(=O)(=O)N1CCN(S(N)(=O)=O)CC1. The first-order valence-corrected chi connectivity index (χ1v) is 8.73. The maximum atomic E-state index is 11.8. The summed E-state index contributed by atoms with van der Waals surface area (Å²) in [7, 11) is -7.88. The van der Waals surface area contributed by atoms with Crippen LogP contribution in [0.4, 0.5) is 4.79 Å². The minimum atomic E-state index is -4.05. The summed E-state index contributed by atoms with van der Waals surface area (Å²) in [5.41, 5.74) is 0. The fourth-order valence-electron chi connectivity index (χ4n) is 1.57. The molecule has 0 radical (unpaired) electrons. The van der Waals surface area contributed by atoms with Gasteiger partial charge in [-0.3, -0.25) is 0 Å². The third-order valence-corrected chi connectivity index (χ3v) is 5.01. The van der Waals surface area contributed by atoms with Crippen molar-refractivity contribution in [3.63, 3.8) is 0 Å². The molecule has 118 valence electrons. The number of carbonyl (C=O) groups excluding carboxylic acids is 1.